The minimum absolute atomic E-state index is 0.262. The highest BCUT2D eigenvalue weighted by Gasteiger charge is 2.21. The van der Waals surface area contributed by atoms with Crippen LogP contribution >= 0.6 is 0 Å². The third kappa shape index (κ3) is 4.52. The summed E-state index contributed by atoms with van der Waals surface area (Å²) in [6, 6.07) is 5.76. The molecule has 1 amide bonds. The summed E-state index contributed by atoms with van der Waals surface area (Å²) in [4.78, 5) is 17.3. The third-order valence-electron chi connectivity index (χ3n) is 3.31. The monoisotopic (exact) mass is 263 g/mol. The second kappa shape index (κ2) is 6.52. The van der Waals surface area contributed by atoms with Crippen LogP contribution in [0, 0.1) is 12.8 Å². The lowest BCUT2D eigenvalue weighted by molar-refractivity contribution is -0.119. The van der Waals surface area contributed by atoms with Gasteiger partial charge in [0.25, 0.3) is 0 Å². The van der Waals surface area contributed by atoms with Crippen LogP contribution in [0.1, 0.15) is 18.5 Å². The van der Waals surface area contributed by atoms with Crippen LogP contribution in [0.3, 0.4) is 0 Å². The van der Waals surface area contributed by atoms with E-state index in [4.69, 9.17) is 10.5 Å². The molecule has 5 nitrogen and oxygen atoms in total. The smallest absolute Gasteiger partial charge is 0.231 e. The molecule has 5 heteroatoms. The zero-order valence-corrected chi connectivity index (χ0v) is 11.3. The molecule has 2 heterocycles. The molecule has 1 unspecified atom stereocenters. The fourth-order valence-corrected chi connectivity index (χ4v) is 2.45. The molecule has 1 aromatic heterocycles. The predicted octanol–water partition coefficient (Wildman–Crippen LogP) is 0.966. The molecule has 0 radical (unpaired) electrons. The molecule has 19 heavy (non-hydrogen) atoms. The Labute approximate surface area is 113 Å². The molecule has 0 saturated carbocycles. The summed E-state index contributed by atoms with van der Waals surface area (Å²) in [5.74, 6) is 0.851. The topological polar surface area (TPSA) is 68.5 Å². The van der Waals surface area contributed by atoms with Gasteiger partial charge in [0.15, 0.2) is 0 Å². The molecule has 2 rings (SSSR count). The van der Waals surface area contributed by atoms with Gasteiger partial charge in [-0.15, -0.1) is 0 Å². The molecule has 1 saturated heterocycles. The standard InChI is InChI=1S/C14H21N3O2/c1-11-4-2-6-14(16-11)19-10-12-5-3-7-17(8-12)9-13(15)18/h2,4,6,12H,3,5,7-10H2,1H3,(H2,15,18). The number of amides is 1. The molecule has 104 valence electrons. The lowest BCUT2D eigenvalue weighted by Crippen LogP contribution is -2.42. The maximum Gasteiger partial charge on any atom is 0.231 e. The van der Waals surface area contributed by atoms with Gasteiger partial charge in [0.1, 0.15) is 0 Å². The maximum absolute atomic E-state index is 10.9. The van der Waals surface area contributed by atoms with Crippen molar-refractivity contribution in [1.29, 1.82) is 0 Å². The molecule has 2 N–H and O–H groups in total. The van der Waals surface area contributed by atoms with Crippen LogP contribution in [0.5, 0.6) is 5.88 Å². The van der Waals surface area contributed by atoms with Gasteiger partial charge in [-0.2, -0.15) is 0 Å². The third-order valence-corrected chi connectivity index (χ3v) is 3.31. The largest absolute Gasteiger partial charge is 0.477 e. The Bertz CT molecular complexity index is 436. The van der Waals surface area contributed by atoms with E-state index in [2.05, 4.69) is 9.88 Å². The minimum Gasteiger partial charge on any atom is -0.477 e. The molecule has 1 atom stereocenters. The lowest BCUT2D eigenvalue weighted by Gasteiger charge is -2.31. The van der Waals surface area contributed by atoms with E-state index < -0.39 is 0 Å². The highest BCUT2D eigenvalue weighted by molar-refractivity contribution is 5.75. The van der Waals surface area contributed by atoms with Crippen molar-refractivity contribution in [3.05, 3.63) is 23.9 Å². The lowest BCUT2D eigenvalue weighted by atomic mass is 9.99. The number of rotatable bonds is 5. The zero-order chi connectivity index (χ0) is 13.7. The first-order chi connectivity index (χ1) is 9.13. The number of pyridine rings is 1. The number of primary amides is 1. The maximum atomic E-state index is 10.9. The first-order valence-corrected chi connectivity index (χ1v) is 6.70. The second-order valence-corrected chi connectivity index (χ2v) is 5.14. The van der Waals surface area contributed by atoms with Crippen molar-refractivity contribution in [2.24, 2.45) is 11.7 Å². The molecule has 0 spiro atoms. The molecule has 1 aromatic rings. The molecule has 1 aliphatic heterocycles. The minimum atomic E-state index is -0.262. The van der Waals surface area contributed by atoms with Gasteiger partial charge >= 0.3 is 0 Å². The van der Waals surface area contributed by atoms with E-state index in [1.807, 2.05) is 25.1 Å². The molecular formula is C14H21N3O2. The van der Waals surface area contributed by atoms with Crippen molar-refractivity contribution in [2.45, 2.75) is 19.8 Å². The molecule has 1 fully saturated rings. The number of likely N-dealkylation sites (tertiary alicyclic amines) is 1. The Morgan fingerprint density at radius 2 is 2.42 bits per heavy atom. The average molecular weight is 263 g/mol. The number of aryl methyl sites for hydroxylation is 1. The SMILES string of the molecule is Cc1cccc(OCC2CCCN(CC(N)=O)C2)n1. The van der Waals surface area contributed by atoms with Gasteiger partial charge < -0.3 is 10.5 Å². The van der Waals surface area contributed by atoms with Crippen LogP contribution in [-0.4, -0.2) is 42.0 Å². The number of aromatic nitrogens is 1. The van der Waals surface area contributed by atoms with Crippen LogP contribution in [0.25, 0.3) is 0 Å². The highest BCUT2D eigenvalue weighted by Crippen LogP contribution is 2.17. The van der Waals surface area contributed by atoms with E-state index in [0.717, 1.165) is 31.6 Å². The first kappa shape index (κ1) is 13.8. The van der Waals surface area contributed by atoms with Crippen molar-refractivity contribution in [1.82, 2.24) is 9.88 Å². The van der Waals surface area contributed by atoms with Crippen LogP contribution in [-0.2, 0) is 4.79 Å². The summed E-state index contributed by atoms with van der Waals surface area (Å²) in [5.41, 5.74) is 6.18. The van der Waals surface area contributed by atoms with Crippen LogP contribution in [0.2, 0.25) is 0 Å². The number of nitrogens with zero attached hydrogens (tertiary/aromatic N) is 2. The van der Waals surface area contributed by atoms with Gasteiger partial charge in [-0.1, -0.05) is 6.07 Å². The number of piperidine rings is 1. The Kier molecular flexibility index (Phi) is 4.74. The fraction of sp³-hybridized carbons (Fsp3) is 0.571. The van der Waals surface area contributed by atoms with Gasteiger partial charge in [0, 0.05) is 24.2 Å². The number of nitrogens with two attached hydrogens (primary N) is 1. The number of carbonyl (C=O) groups is 1. The van der Waals surface area contributed by atoms with E-state index in [1.165, 1.54) is 0 Å². The van der Waals surface area contributed by atoms with E-state index in [1.54, 1.807) is 0 Å². The Balaban J connectivity index is 1.81. The van der Waals surface area contributed by atoms with Crippen molar-refractivity contribution in [3.63, 3.8) is 0 Å². The van der Waals surface area contributed by atoms with Crippen molar-refractivity contribution in [3.8, 4) is 5.88 Å². The van der Waals surface area contributed by atoms with E-state index in [9.17, 15) is 4.79 Å². The van der Waals surface area contributed by atoms with Gasteiger partial charge in [0.2, 0.25) is 11.8 Å². The molecule has 0 aliphatic carbocycles. The van der Waals surface area contributed by atoms with E-state index >= 15 is 0 Å². The van der Waals surface area contributed by atoms with Gasteiger partial charge in [-0.05, 0) is 32.4 Å². The highest BCUT2D eigenvalue weighted by atomic mass is 16.5. The molecule has 1 aliphatic rings. The molecule has 0 aromatic carbocycles. The number of hydrogen-bond donors (Lipinski definition) is 1. The van der Waals surface area contributed by atoms with Crippen molar-refractivity contribution < 1.29 is 9.53 Å². The Morgan fingerprint density at radius 3 is 3.16 bits per heavy atom. The summed E-state index contributed by atoms with van der Waals surface area (Å²) < 4.78 is 5.73. The normalized spacial score (nSPS) is 20.2. The summed E-state index contributed by atoms with van der Waals surface area (Å²) >= 11 is 0. The number of ether oxygens (including phenoxy) is 1. The fourth-order valence-electron chi connectivity index (χ4n) is 2.45. The van der Waals surface area contributed by atoms with Crippen molar-refractivity contribution >= 4 is 5.91 Å². The first-order valence-electron chi connectivity index (χ1n) is 6.70. The zero-order valence-electron chi connectivity index (χ0n) is 11.3. The summed E-state index contributed by atoms with van der Waals surface area (Å²) in [7, 11) is 0. The van der Waals surface area contributed by atoms with Crippen molar-refractivity contribution in [2.75, 3.05) is 26.2 Å². The Hall–Kier alpha value is -1.62. The van der Waals surface area contributed by atoms with Crippen LogP contribution in [0.15, 0.2) is 18.2 Å². The van der Waals surface area contributed by atoms with Gasteiger partial charge in [-0.25, -0.2) is 4.98 Å². The van der Waals surface area contributed by atoms with E-state index in [-0.39, 0.29) is 5.91 Å². The Morgan fingerprint density at radius 1 is 1.58 bits per heavy atom. The summed E-state index contributed by atoms with van der Waals surface area (Å²) in [6.07, 6.45) is 2.21. The number of carbonyl (C=O) groups excluding carboxylic acids is 1. The molecule has 0 bridgehead atoms. The van der Waals surface area contributed by atoms with Gasteiger partial charge in [-0.3, -0.25) is 9.69 Å². The second-order valence-electron chi connectivity index (χ2n) is 5.14. The quantitative estimate of drug-likeness (QED) is 0.859. The molecular weight excluding hydrogens is 242 g/mol. The van der Waals surface area contributed by atoms with Crippen LogP contribution in [0.4, 0.5) is 0 Å². The predicted molar refractivity (Wildman–Crippen MR) is 72.8 cm³/mol. The summed E-state index contributed by atoms with van der Waals surface area (Å²) in [5, 5.41) is 0. The van der Waals surface area contributed by atoms with Gasteiger partial charge in [0.05, 0.1) is 13.2 Å². The average Bonchev–Trinajstić information content (AvgIpc) is 2.36. The van der Waals surface area contributed by atoms with Crippen LogP contribution < -0.4 is 10.5 Å². The summed E-state index contributed by atoms with van der Waals surface area (Å²) in [6.45, 7) is 4.75. The number of hydrogen-bond acceptors (Lipinski definition) is 4. The van der Waals surface area contributed by atoms with E-state index in [0.29, 0.717) is 24.9 Å².